The third-order valence-electron chi connectivity index (χ3n) is 4.51. The summed E-state index contributed by atoms with van der Waals surface area (Å²) in [6.07, 6.45) is -0.691. The van der Waals surface area contributed by atoms with Crippen molar-refractivity contribution in [2.45, 2.75) is 6.42 Å². The van der Waals surface area contributed by atoms with Crippen molar-refractivity contribution in [2.24, 2.45) is 5.73 Å². The molecule has 3 aromatic carbocycles. The number of carbonyl (C=O) groups is 1. The highest BCUT2D eigenvalue weighted by Gasteiger charge is 2.14. The number of halogens is 4. The summed E-state index contributed by atoms with van der Waals surface area (Å²) in [6.45, 7) is 0.0539. The number of nitrogens with zero attached hydrogens (tertiary/aromatic N) is 1. The highest BCUT2D eigenvalue weighted by molar-refractivity contribution is 7.21. The molecule has 0 saturated heterocycles. The van der Waals surface area contributed by atoms with Crippen molar-refractivity contribution in [2.75, 3.05) is 6.61 Å². The highest BCUT2D eigenvalue weighted by Crippen LogP contribution is 2.35. The van der Waals surface area contributed by atoms with Gasteiger partial charge in [0.1, 0.15) is 16.6 Å². The zero-order valence-corrected chi connectivity index (χ0v) is 18.5. The fraction of sp³-hybridized carbons (Fsp3) is 0.0909. The second-order valence-corrected chi connectivity index (χ2v) is 8.45. The van der Waals surface area contributed by atoms with E-state index >= 15 is 0 Å². The van der Waals surface area contributed by atoms with Crippen LogP contribution in [0.4, 0.5) is 13.6 Å². The van der Waals surface area contributed by atoms with E-state index in [1.54, 1.807) is 30.3 Å². The molecule has 0 atom stereocenters. The molecule has 0 aliphatic heterocycles. The molecule has 0 radical (unpaired) electrons. The van der Waals surface area contributed by atoms with Crippen LogP contribution < -0.4 is 15.2 Å². The van der Waals surface area contributed by atoms with Crippen molar-refractivity contribution in [1.29, 1.82) is 0 Å². The van der Waals surface area contributed by atoms with Crippen LogP contribution in [0, 0.1) is 11.6 Å². The number of hydrogen-bond acceptors (Lipinski definition) is 5. The fourth-order valence-electron chi connectivity index (χ4n) is 3.01. The van der Waals surface area contributed by atoms with Crippen molar-refractivity contribution in [3.8, 4) is 22.1 Å². The summed E-state index contributed by atoms with van der Waals surface area (Å²) < 4.78 is 39.3. The number of ether oxygens (including phenoxy) is 2. The standard InChI is InChI=1S/C22H14Cl2F2N2O3S/c23-14-5-6-15(25)20(24)13(14)7-8-30-18-10-19-17(9-16(18)26)28-21(32-19)11-1-3-12(4-2-11)31-22(27)29/h1-6,9-10H,7-8H2,(H2,27,29). The van der Waals surface area contributed by atoms with E-state index in [1.165, 1.54) is 29.5 Å². The van der Waals surface area contributed by atoms with Crippen LogP contribution in [-0.2, 0) is 6.42 Å². The first-order chi connectivity index (χ1) is 15.3. The third kappa shape index (κ3) is 4.77. The minimum Gasteiger partial charge on any atom is -0.490 e. The maximum atomic E-state index is 14.5. The SMILES string of the molecule is NC(=O)Oc1ccc(-c2nc3cc(F)c(OCCc4c(Cl)ccc(F)c4Cl)cc3s2)cc1. The molecular weight excluding hydrogens is 481 g/mol. The number of nitrogens with two attached hydrogens (primary N) is 1. The number of rotatable bonds is 6. The van der Waals surface area contributed by atoms with Crippen LogP contribution in [0.5, 0.6) is 11.5 Å². The number of primary amides is 1. The van der Waals surface area contributed by atoms with Crippen LogP contribution in [-0.4, -0.2) is 17.7 Å². The second-order valence-electron chi connectivity index (χ2n) is 6.64. The number of benzene rings is 3. The Kier molecular flexibility index (Phi) is 6.45. The van der Waals surface area contributed by atoms with Gasteiger partial charge in [0.05, 0.1) is 21.8 Å². The predicted octanol–water partition coefficient (Wildman–Crippen LogP) is 6.63. The molecule has 2 N–H and O–H groups in total. The zero-order valence-electron chi connectivity index (χ0n) is 16.2. The molecule has 164 valence electrons. The number of hydrogen-bond donors (Lipinski definition) is 1. The third-order valence-corrected chi connectivity index (χ3v) is 6.34. The van der Waals surface area contributed by atoms with Gasteiger partial charge in [-0.05, 0) is 42.0 Å². The molecule has 0 aliphatic carbocycles. The van der Waals surface area contributed by atoms with Crippen LogP contribution in [0.15, 0.2) is 48.5 Å². The molecule has 0 fully saturated rings. The second kappa shape index (κ2) is 9.28. The lowest BCUT2D eigenvalue weighted by molar-refractivity contribution is 0.211. The maximum absolute atomic E-state index is 14.5. The Balaban J connectivity index is 1.51. The van der Waals surface area contributed by atoms with Gasteiger partial charge >= 0.3 is 6.09 Å². The topological polar surface area (TPSA) is 74.4 Å². The first kappa shape index (κ1) is 22.3. The maximum Gasteiger partial charge on any atom is 0.409 e. The summed E-state index contributed by atoms with van der Waals surface area (Å²) >= 11 is 13.4. The molecule has 1 heterocycles. The minimum absolute atomic E-state index is 0.0431. The van der Waals surface area contributed by atoms with Gasteiger partial charge in [0.15, 0.2) is 11.6 Å². The van der Waals surface area contributed by atoms with Gasteiger partial charge in [0.2, 0.25) is 0 Å². The largest absolute Gasteiger partial charge is 0.490 e. The van der Waals surface area contributed by atoms with Gasteiger partial charge in [-0.15, -0.1) is 11.3 Å². The number of amides is 1. The summed E-state index contributed by atoms with van der Waals surface area (Å²) in [5, 5.41) is 0.895. The van der Waals surface area contributed by atoms with E-state index < -0.39 is 17.7 Å². The molecule has 1 amide bonds. The first-order valence-electron chi connectivity index (χ1n) is 9.25. The van der Waals surface area contributed by atoms with Crippen LogP contribution >= 0.6 is 34.5 Å². The van der Waals surface area contributed by atoms with E-state index in [2.05, 4.69) is 4.98 Å². The molecule has 0 aliphatic rings. The Morgan fingerprint density at radius 2 is 1.81 bits per heavy atom. The number of carbonyl (C=O) groups excluding carboxylic acids is 1. The van der Waals surface area contributed by atoms with E-state index in [-0.39, 0.29) is 23.8 Å². The minimum atomic E-state index is -0.900. The Morgan fingerprint density at radius 3 is 2.53 bits per heavy atom. The number of fused-ring (bicyclic) bond motifs is 1. The molecule has 0 bridgehead atoms. The van der Waals surface area contributed by atoms with E-state index in [9.17, 15) is 13.6 Å². The van der Waals surface area contributed by atoms with Gasteiger partial charge in [-0.2, -0.15) is 0 Å². The smallest absolute Gasteiger partial charge is 0.409 e. The summed E-state index contributed by atoms with van der Waals surface area (Å²) in [7, 11) is 0. The fourth-order valence-corrected chi connectivity index (χ4v) is 4.55. The molecule has 0 spiro atoms. The summed E-state index contributed by atoms with van der Waals surface area (Å²) in [6, 6.07) is 12.1. The first-order valence-corrected chi connectivity index (χ1v) is 10.8. The molecule has 0 unspecified atom stereocenters. The zero-order chi connectivity index (χ0) is 22.8. The van der Waals surface area contributed by atoms with Gasteiger partial charge in [0, 0.05) is 29.1 Å². The van der Waals surface area contributed by atoms with Crippen molar-refractivity contribution in [3.05, 3.63) is 75.8 Å². The summed E-state index contributed by atoms with van der Waals surface area (Å²) in [5.74, 6) is -0.801. The molecule has 5 nitrogen and oxygen atoms in total. The van der Waals surface area contributed by atoms with Crippen molar-refractivity contribution < 1.29 is 23.0 Å². The Labute approximate surface area is 195 Å². The molecule has 10 heteroatoms. The van der Waals surface area contributed by atoms with Gasteiger partial charge < -0.3 is 15.2 Å². The lowest BCUT2D eigenvalue weighted by Gasteiger charge is -2.10. The van der Waals surface area contributed by atoms with Gasteiger partial charge in [-0.1, -0.05) is 23.2 Å². The highest BCUT2D eigenvalue weighted by atomic mass is 35.5. The van der Waals surface area contributed by atoms with Crippen LogP contribution in [0.2, 0.25) is 10.0 Å². The Bertz CT molecular complexity index is 1310. The van der Waals surface area contributed by atoms with E-state index in [4.69, 9.17) is 38.4 Å². The predicted molar refractivity (Wildman–Crippen MR) is 121 cm³/mol. The molecule has 32 heavy (non-hydrogen) atoms. The molecular formula is C22H14Cl2F2N2O3S. The normalized spacial score (nSPS) is 11.0. The van der Waals surface area contributed by atoms with Crippen LogP contribution in [0.1, 0.15) is 5.56 Å². The van der Waals surface area contributed by atoms with Crippen molar-refractivity contribution in [1.82, 2.24) is 4.98 Å². The monoisotopic (exact) mass is 494 g/mol. The molecule has 4 aromatic rings. The molecule has 0 saturated carbocycles. The van der Waals surface area contributed by atoms with E-state index in [0.29, 0.717) is 26.9 Å². The van der Waals surface area contributed by atoms with Crippen LogP contribution in [0.3, 0.4) is 0 Å². The van der Waals surface area contributed by atoms with Crippen molar-refractivity contribution in [3.63, 3.8) is 0 Å². The molecule has 4 rings (SSSR count). The summed E-state index contributed by atoms with van der Waals surface area (Å²) in [4.78, 5) is 15.3. The summed E-state index contributed by atoms with van der Waals surface area (Å²) in [5.41, 5.74) is 6.64. The van der Waals surface area contributed by atoms with Crippen LogP contribution in [0.25, 0.3) is 20.8 Å². The lowest BCUT2D eigenvalue weighted by Crippen LogP contribution is -2.16. The van der Waals surface area contributed by atoms with E-state index in [1.807, 2.05) is 0 Å². The number of aromatic nitrogens is 1. The van der Waals surface area contributed by atoms with E-state index in [0.717, 1.165) is 10.3 Å². The quantitative estimate of drug-likeness (QED) is 0.305. The Hall–Kier alpha value is -2.94. The number of thiazole rings is 1. The van der Waals surface area contributed by atoms with Gasteiger partial charge in [-0.25, -0.2) is 18.6 Å². The average molecular weight is 495 g/mol. The van der Waals surface area contributed by atoms with Gasteiger partial charge in [-0.3, -0.25) is 0 Å². The Morgan fingerprint density at radius 1 is 1.06 bits per heavy atom. The molecule has 1 aromatic heterocycles. The van der Waals surface area contributed by atoms with Crippen molar-refractivity contribution >= 4 is 50.8 Å². The lowest BCUT2D eigenvalue weighted by atomic mass is 10.1. The van der Waals surface area contributed by atoms with Gasteiger partial charge in [0.25, 0.3) is 0 Å². The average Bonchev–Trinajstić information content (AvgIpc) is 3.16.